The number of rotatable bonds is 1. The first-order valence-corrected chi connectivity index (χ1v) is 5.39. The molecule has 0 radical (unpaired) electrons. The average molecular weight is 231 g/mol. The Bertz CT molecular complexity index is 452. The topological polar surface area (TPSA) is 29.5 Å². The van der Waals surface area contributed by atoms with Gasteiger partial charge >= 0.3 is 6.09 Å². The van der Waals surface area contributed by atoms with Gasteiger partial charge < -0.3 is 4.74 Å². The van der Waals surface area contributed by atoms with E-state index < -0.39 is 11.7 Å². The number of terminal acetylenes is 1. The predicted molar refractivity (Wildman–Crippen MR) is 68.7 cm³/mol. The van der Waals surface area contributed by atoms with Crippen LogP contribution in [0.2, 0.25) is 0 Å². The summed E-state index contributed by atoms with van der Waals surface area (Å²) in [7, 11) is 0. The van der Waals surface area contributed by atoms with E-state index in [1.165, 1.54) is 0 Å². The molecule has 0 aliphatic rings. The zero-order valence-electron chi connectivity index (χ0n) is 10.7. The number of hydrogen-bond acceptors (Lipinski definition) is 2. The summed E-state index contributed by atoms with van der Waals surface area (Å²) in [5.74, 6) is 0. The summed E-state index contributed by atoms with van der Waals surface area (Å²) in [6, 6.07) is 9.72. The quantitative estimate of drug-likeness (QED) is 0.548. The highest BCUT2D eigenvalue weighted by molar-refractivity contribution is 5.91. The highest BCUT2D eigenvalue weighted by Gasteiger charge is 2.22. The summed E-state index contributed by atoms with van der Waals surface area (Å²) in [5.41, 5.74) is 1.11. The molecular formula is C14H17NO2. The molecule has 0 atom stereocenters. The lowest BCUT2D eigenvalue weighted by Gasteiger charge is -2.23. The number of nitrogens with zero attached hydrogens (tertiary/aromatic N) is 1. The number of benzene rings is 1. The Hall–Kier alpha value is -1.95. The van der Waals surface area contributed by atoms with Gasteiger partial charge in [0.2, 0.25) is 0 Å². The Morgan fingerprint density at radius 2 is 2.06 bits per heavy atom. The van der Waals surface area contributed by atoms with Crippen molar-refractivity contribution in [2.45, 2.75) is 33.3 Å². The fourth-order valence-electron chi connectivity index (χ4n) is 1.31. The fraction of sp³-hybridized carbons (Fsp3) is 0.357. The van der Waals surface area contributed by atoms with Crippen molar-refractivity contribution < 1.29 is 9.53 Å². The Labute approximate surface area is 102 Å². The molecular weight excluding hydrogens is 214 g/mol. The van der Waals surface area contributed by atoms with Crippen molar-refractivity contribution in [1.82, 2.24) is 0 Å². The van der Waals surface area contributed by atoms with E-state index in [9.17, 15) is 4.79 Å². The number of hydrogen-bond donors (Lipinski definition) is 0. The lowest BCUT2D eigenvalue weighted by atomic mass is 10.2. The molecule has 0 unspecified atom stereocenters. The number of aryl methyl sites for hydroxylation is 1. The van der Waals surface area contributed by atoms with Crippen LogP contribution in [-0.2, 0) is 4.74 Å². The maximum Gasteiger partial charge on any atom is 0.426 e. The van der Waals surface area contributed by atoms with E-state index in [2.05, 4.69) is 6.04 Å². The van der Waals surface area contributed by atoms with Crippen molar-refractivity contribution in [3.05, 3.63) is 29.8 Å². The molecule has 0 aliphatic carbocycles. The molecule has 90 valence electrons. The SMILES string of the molecule is C#CN(C(=O)OC(C)(C)C)c1cccc(C)c1. The van der Waals surface area contributed by atoms with E-state index in [-0.39, 0.29) is 0 Å². The molecule has 3 heteroatoms. The van der Waals surface area contributed by atoms with Crippen molar-refractivity contribution in [3.8, 4) is 12.5 Å². The maximum atomic E-state index is 11.9. The van der Waals surface area contributed by atoms with Crippen molar-refractivity contribution in [2.24, 2.45) is 0 Å². The minimum absolute atomic E-state index is 0.536. The van der Waals surface area contributed by atoms with Crippen LogP contribution < -0.4 is 4.90 Å². The van der Waals surface area contributed by atoms with Crippen LogP contribution in [0.5, 0.6) is 0 Å². The third-order valence-corrected chi connectivity index (χ3v) is 1.97. The smallest absolute Gasteiger partial charge is 0.426 e. The summed E-state index contributed by atoms with van der Waals surface area (Å²) in [6.07, 6.45) is 4.81. The number of carbonyl (C=O) groups excluding carboxylic acids is 1. The van der Waals surface area contributed by atoms with Gasteiger partial charge in [0.15, 0.2) is 0 Å². The Balaban J connectivity index is 2.94. The number of ether oxygens (including phenoxy) is 1. The van der Waals surface area contributed by atoms with Gasteiger partial charge in [-0.3, -0.25) is 0 Å². The normalized spacial score (nSPS) is 10.5. The second-order valence-corrected chi connectivity index (χ2v) is 4.78. The monoisotopic (exact) mass is 231 g/mol. The number of amides is 1. The molecule has 0 saturated heterocycles. The zero-order chi connectivity index (χ0) is 13.1. The highest BCUT2D eigenvalue weighted by atomic mass is 16.6. The van der Waals surface area contributed by atoms with Crippen molar-refractivity contribution >= 4 is 11.8 Å². The van der Waals surface area contributed by atoms with E-state index in [0.29, 0.717) is 5.69 Å². The molecule has 17 heavy (non-hydrogen) atoms. The van der Waals surface area contributed by atoms with Gasteiger partial charge in [-0.1, -0.05) is 18.6 Å². The van der Waals surface area contributed by atoms with E-state index in [4.69, 9.17) is 11.2 Å². The Kier molecular flexibility index (Phi) is 3.80. The first-order valence-electron chi connectivity index (χ1n) is 5.39. The van der Waals surface area contributed by atoms with Gasteiger partial charge in [-0.25, -0.2) is 9.69 Å². The largest absolute Gasteiger partial charge is 0.443 e. The van der Waals surface area contributed by atoms with E-state index >= 15 is 0 Å². The van der Waals surface area contributed by atoms with Gasteiger partial charge in [-0.2, -0.15) is 0 Å². The molecule has 0 saturated carbocycles. The van der Waals surface area contributed by atoms with Gasteiger partial charge in [0, 0.05) is 6.04 Å². The molecule has 1 amide bonds. The molecule has 0 aromatic heterocycles. The van der Waals surface area contributed by atoms with Gasteiger partial charge in [0.1, 0.15) is 5.60 Å². The molecule has 0 fully saturated rings. The molecule has 0 aliphatic heterocycles. The molecule has 0 spiro atoms. The average Bonchev–Trinajstić information content (AvgIpc) is 2.15. The minimum Gasteiger partial charge on any atom is -0.443 e. The van der Waals surface area contributed by atoms with Crippen molar-refractivity contribution in [3.63, 3.8) is 0 Å². The fourth-order valence-corrected chi connectivity index (χ4v) is 1.31. The first kappa shape index (κ1) is 13.1. The van der Waals surface area contributed by atoms with Gasteiger partial charge in [0.05, 0.1) is 5.69 Å². The van der Waals surface area contributed by atoms with Crippen LogP contribution in [0.15, 0.2) is 24.3 Å². The minimum atomic E-state index is -0.560. The standard InChI is InChI=1S/C14H17NO2/c1-6-15(13(16)17-14(3,4)5)12-9-7-8-11(2)10-12/h1,7-10H,2-5H3. The van der Waals surface area contributed by atoms with Crippen LogP contribution in [0, 0.1) is 19.4 Å². The van der Waals surface area contributed by atoms with Crippen LogP contribution in [-0.4, -0.2) is 11.7 Å². The van der Waals surface area contributed by atoms with Gasteiger partial charge in [0.25, 0.3) is 0 Å². The third-order valence-electron chi connectivity index (χ3n) is 1.97. The summed E-state index contributed by atoms with van der Waals surface area (Å²) in [5, 5.41) is 0. The second-order valence-electron chi connectivity index (χ2n) is 4.78. The van der Waals surface area contributed by atoms with E-state index in [1.54, 1.807) is 26.8 Å². The van der Waals surface area contributed by atoms with Crippen LogP contribution in [0.1, 0.15) is 26.3 Å². The van der Waals surface area contributed by atoms with Gasteiger partial charge in [-0.15, -0.1) is 0 Å². The molecule has 3 nitrogen and oxygen atoms in total. The van der Waals surface area contributed by atoms with Gasteiger partial charge in [-0.05, 0) is 45.4 Å². The van der Waals surface area contributed by atoms with Crippen LogP contribution in [0.4, 0.5) is 10.5 Å². The summed E-state index contributed by atoms with van der Waals surface area (Å²) in [4.78, 5) is 13.0. The summed E-state index contributed by atoms with van der Waals surface area (Å²) < 4.78 is 5.23. The summed E-state index contributed by atoms with van der Waals surface area (Å²) in [6.45, 7) is 7.34. The van der Waals surface area contributed by atoms with Crippen LogP contribution in [0.25, 0.3) is 0 Å². The first-order chi connectivity index (χ1) is 7.83. The Morgan fingerprint density at radius 3 is 2.53 bits per heavy atom. The molecule has 0 heterocycles. The molecule has 1 aromatic carbocycles. The highest BCUT2D eigenvalue weighted by Crippen LogP contribution is 2.18. The second kappa shape index (κ2) is 4.92. The molecule has 0 N–H and O–H groups in total. The molecule has 1 aromatic rings. The lowest BCUT2D eigenvalue weighted by molar-refractivity contribution is 0.0600. The number of anilines is 1. The zero-order valence-corrected chi connectivity index (χ0v) is 10.7. The van der Waals surface area contributed by atoms with Crippen molar-refractivity contribution in [2.75, 3.05) is 4.90 Å². The molecule has 1 rings (SSSR count). The van der Waals surface area contributed by atoms with E-state index in [0.717, 1.165) is 10.5 Å². The predicted octanol–water partition coefficient (Wildman–Crippen LogP) is 3.33. The van der Waals surface area contributed by atoms with E-state index in [1.807, 2.05) is 25.1 Å². The van der Waals surface area contributed by atoms with Crippen LogP contribution >= 0.6 is 0 Å². The number of carbonyl (C=O) groups is 1. The maximum absolute atomic E-state index is 11.9. The third kappa shape index (κ3) is 3.84. The van der Waals surface area contributed by atoms with Crippen LogP contribution in [0.3, 0.4) is 0 Å². The van der Waals surface area contributed by atoms with Crippen molar-refractivity contribution in [1.29, 1.82) is 0 Å². The lowest BCUT2D eigenvalue weighted by Crippen LogP contribution is -2.33. The Morgan fingerprint density at radius 1 is 1.41 bits per heavy atom. The molecule has 0 bridgehead atoms. The summed E-state index contributed by atoms with van der Waals surface area (Å²) >= 11 is 0.